The highest BCUT2D eigenvalue weighted by Gasteiger charge is 2.20. The highest BCUT2D eigenvalue weighted by Crippen LogP contribution is 2.23. The number of piperidine rings is 1. The van der Waals surface area contributed by atoms with E-state index in [1.165, 1.54) is 37.2 Å². The van der Waals surface area contributed by atoms with E-state index in [1.807, 2.05) is 33.9 Å². The Kier molecular flexibility index (Phi) is 8.73. The van der Waals surface area contributed by atoms with E-state index >= 15 is 0 Å². The maximum atomic E-state index is 4.46. The van der Waals surface area contributed by atoms with Crippen LogP contribution in [0.2, 0.25) is 0 Å². The van der Waals surface area contributed by atoms with Gasteiger partial charge in [-0.1, -0.05) is 27.7 Å². The summed E-state index contributed by atoms with van der Waals surface area (Å²) in [5.74, 6) is 0. The van der Waals surface area contributed by atoms with Crippen molar-refractivity contribution >= 4 is 0 Å². The molecule has 0 saturated carbocycles. The lowest BCUT2D eigenvalue weighted by Gasteiger charge is -2.29. The van der Waals surface area contributed by atoms with E-state index in [2.05, 4.69) is 35.6 Å². The summed E-state index contributed by atoms with van der Waals surface area (Å²) in [4.78, 5) is 2.39. The van der Waals surface area contributed by atoms with Gasteiger partial charge in [-0.05, 0) is 52.4 Å². The van der Waals surface area contributed by atoms with E-state index in [-0.39, 0.29) is 0 Å². The standard InChI is InChI=1S/C11H19N3.2C2H6/c1-9-8-12-14(10(9)2)11-4-6-13(3)7-5-11;2*1-2/h8,11H,4-7H2,1-3H3;2*1-2H3. The Balaban J connectivity index is 0.000000659. The van der Waals surface area contributed by atoms with Gasteiger partial charge in [-0.3, -0.25) is 4.68 Å². The van der Waals surface area contributed by atoms with Gasteiger partial charge in [0.2, 0.25) is 0 Å². The molecule has 1 aromatic heterocycles. The minimum atomic E-state index is 0.625. The van der Waals surface area contributed by atoms with Crippen molar-refractivity contribution < 1.29 is 0 Å². The molecule has 0 spiro atoms. The van der Waals surface area contributed by atoms with E-state index in [4.69, 9.17) is 0 Å². The Hall–Kier alpha value is -0.830. The first-order valence-corrected chi connectivity index (χ1v) is 7.37. The first-order valence-electron chi connectivity index (χ1n) is 7.37. The van der Waals surface area contributed by atoms with Crippen molar-refractivity contribution in [1.29, 1.82) is 0 Å². The topological polar surface area (TPSA) is 21.1 Å². The van der Waals surface area contributed by atoms with Crippen LogP contribution in [0.1, 0.15) is 57.8 Å². The van der Waals surface area contributed by atoms with E-state index in [0.717, 1.165) is 0 Å². The first-order chi connectivity index (χ1) is 8.68. The lowest BCUT2D eigenvalue weighted by Crippen LogP contribution is -2.32. The zero-order valence-electron chi connectivity index (χ0n) is 13.3. The molecule has 1 saturated heterocycles. The van der Waals surface area contributed by atoms with Crippen molar-refractivity contribution in [2.75, 3.05) is 20.1 Å². The minimum absolute atomic E-state index is 0.625. The molecule has 0 N–H and O–H groups in total. The van der Waals surface area contributed by atoms with Crippen LogP contribution in [0.3, 0.4) is 0 Å². The van der Waals surface area contributed by atoms with E-state index < -0.39 is 0 Å². The summed E-state index contributed by atoms with van der Waals surface area (Å²) in [6.07, 6.45) is 4.45. The van der Waals surface area contributed by atoms with Gasteiger partial charge in [0.25, 0.3) is 0 Å². The molecule has 18 heavy (non-hydrogen) atoms. The molecule has 0 amide bonds. The molecule has 0 aromatic carbocycles. The molecule has 0 bridgehead atoms. The van der Waals surface area contributed by atoms with Crippen molar-refractivity contribution in [3.05, 3.63) is 17.5 Å². The fraction of sp³-hybridized carbons (Fsp3) is 0.800. The Bertz CT molecular complexity index is 310. The first kappa shape index (κ1) is 17.2. The fourth-order valence-electron chi connectivity index (χ4n) is 2.12. The number of hydrogen-bond acceptors (Lipinski definition) is 2. The maximum Gasteiger partial charge on any atom is 0.0546 e. The smallest absolute Gasteiger partial charge is 0.0546 e. The quantitative estimate of drug-likeness (QED) is 0.758. The van der Waals surface area contributed by atoms with Crippen LogP contribution in [0.5, 0.6) is 0 Å². The van der Waals surface area contributed by atoms with Crippen LogP contribution in [0.15, 0.2) is 6.20 Å². The van der Waals surface area contributed by atoms with E-state index in [0.29, 0.717) is 6.04 Å². The molecule has 0 radical (unpaired) electrons. The molecule has 0 atom stereocenters. The molecule has 0 aliphatic carbocycles. The van der Waals surface area contributed by atoms with Crippen molar-refractivity contribution in [2.45, 2.75) is 60.4 Å². The van der Waals surface area contributed by atoms with Gasteiger partial charge in [0.05, 0.1) is 12.2 Å². The van der Waals surface area contributed by atoms with Gasteiger partial charge in [0, 0.05) is 5.69 Å². The third-order valence-electron chi connectivity index (χ3n) is 3.32. The molecule has 3 nitrogen and oxygen atoms in total. The third kappa shape index (κ3) is 4.45. The maximum absolute atomic E-state index is 4.46. The monoisotopic (exact) mass is 253 g/mol. The minimum Gasteiger partial charge on any atom is -0.306 e. The Morgan fingerprint density at radius 3 is 1.94 bits per heavy atom. The molecule has 1 fully saturated rings. The van der Waals surface area contributed by atoms with Gasteiger partial charge in [0.15, 0.2) is 0 Å². The number of rotatable bonds is 1. The predicted molar refractivity (Wildman–Crippen MR) is 80.2 cm³/mol. The second kappa shape index (κ2) is 9.15. The van der Waals surface area contributed by atoms with Crippen molar-refractivity contribution in [3.8, 4) is 0 Å². The molecule has 2 heterocycles. The van der Waals surface area contributed by atoms with Gasteiger partial charge in [-0.15, -0.1) is 0 Å². The predicted octanol–water partition coefficient (Wildman–Crippen LogP) is 3.82. The fourth-order valence-corrected chi connectivity index (χ4v) is 2.12. The van der Waals surface area contributed by atoms with Crippen LogP contribution in [-0.2, 0) is 0 Å². The Morgan fingerprint density at radius 1 is 1.06 bits per heavy atom. The number of aromatic nitrogens is 2. The molecule has 1 aliphatic rings. The van der Waals surface area contributed by atoms with Crippen molar-refractivity contribution in [2.24, 2.45) is 0 Å². The third-order valence-corrected chi connectivity index (χ3v) is 3.32. The summed E-state index contributed by atoms with van der Waals surface area (Å²) in [6, 6.07) is 0.625. The average molecular weight is 253 g/mol. The molecular formula is C15H31N3. The highest BCUT2D eigenvalue weighted by atomic mass is 15.3. The van der Waals surface area contributed by atoms with Crippen molar-refractivity contribution in [1.82, 2.24) is 14.7 Å². The van der Waals surface area contributed by atoms with Gasteiger partial charge >= 0.3 is 0 Å². The molecule has 0 unspecified atom stereocenters. The van der Waals surface area contributed by atoms with Gasteiger partial charge in [0.1, 0.15) is 0 Å². The van der Waals surface area contributed by atoms with Crippen LogP contribution >= 0.6 is 0 Å². The number of hydrogen-bond donors (Lipinski definition) is 0. The van der Waals surface area contributed by atoms with Crippen LogP contribution in [0, 0.1) is 13.8 Å². The summed E-state index contributed by atoms with van der Waals surface area (Å²) in [6.45, 7) is 14.7. The van der Waals surface area contributed by atoms with Crippen LogP contribution in [-0.4, -0.2) is 34.8 Å². The largest absolute Gasteiger partial charge is 0.306 e. The number of likely N-dealkylation sites (tertiary alicyclic amines) is 1. The zero-order valence-corrected chi connectivity index (χ0v) is 13.3. The summed E-state index contributed by atoms with van der Waals surface area (Å²) < 4.78 is 2.21. The Morgan fingerprint density at radius 2 is 1.56 bits per heavy atom. The number of aryl methyl sites for hydroxylation is 1. The van der Waals surface area contributed by atoms with E-state index in [1.54, 1.807) is 0 Å². The number of nitrogens with zero attached hydrogens (tertiary/aromatic N) is 3. The molecule has 1 aliphatic heterocycles. The highest BCUT2D eigenvalue weighted by molar-refractivity contribution is 5.14. The van der Waals surface area contributed by atoms with Crippen molar-refractivity contribution in [3.63, 3.8) is 0 Å². The normalized spacial score (nSPS) is 16.4. The summed E-state index contributed by atoms with van der Waals surface area (Å²) in [5.41, 5.74) is 2.64. The summed E-state index contributed by atoms with van der Waals surface area (Å²) >= 11 is 0. The molecule has 2 rings (SSSR count). The van der Waals surface area contributed by atoms with Crippen LogP contribution < -0.4 is 0 Å². The lowest BCUT2D eigenvalue weighted by atomic mass is 10.1. The molecular weight excluding hydrogens is 222 g/mol. The van der Waals surface area contributed by atoms with Gasteiger partial charge in [-0.2, -0.15) is 5.10 Å². The van der Waals surface area contributed by atoms with Gasteiger partial charge < -0.3 is 4.90 Å². The summed E-state index contributed by atoms with van der Waals surface area (Å²) in [7, 11) is 2.19. The van der Waals surface area contributed by atoms with Crippen LogP contribution in [0.25, 0.3) is 0 Å². The average Bonchev–Trinajstić information content (AvgIpc) is 2.76. The Labute approximate surface area is 113 Å². The SMILES string of the molecule is CC.CC.Cc1cnn(C2CCN(C)CC2)c1C. The molecule has 106 valence electrons. The van der Waals surface area contributed by atoms with Gasteiger partial charge in [-0.25, -0.2) is 0 Å². The van der Waals surface area contributed by atoms with E-state index in [9.17, 15) is 0 Å². The zero-order chi connectivity index (χ0) is 14.1. The molecule has 1 aromatic rings. The lowest BCUT2D eigenvalue weighted by molar-refractivity contribution is 0.210. The summed E-state index contributed by atoms with van der Waals surface area (Å²) in [5, 5.41) is 4.46. The second-order valence-corrected chi connectivity index (χ2v) is 4.39. The van der Waals surface area contributed by atoms with Crippen LogP contribution in [0.4, 0.5) is 0 Å². The molecule has 3 heteroatoms. The second-order valence-electron chi connectivity index (χ2n) is 4.39.